The molecule has 1 aliphatic carbocycles. The van der Waals surface area contributed by atoms with Gasteiger partial charge in [0.15, 0.2) is 0 Å². The summed E-state index contributed by atoms with van der Waals surface area (Å²) in [5.74, 6) is 0. The second kappa shape index (κ2) is 7.87. The fourth-order valence-corrected chi connectivity index (χ4v) is 5.06. The average Bonchev–Trinajstić information content (AvgIpc) is 2.79. The van der Waals surface area contributed by atoms with Crippen LogP contribution in [0.15, 0.2) is 70.1 Å². The van der Waals surface area contributed by atoms with Gasteiger partial charge in [-0.3, -0.25) is 0 Å². The van der Waals surface area contributed by atoms with Crippen LogP contribution >= 0.6 is 11.8 Å². The standard InChI is InChI=1S/C21H28S/c1-5-8-9-10-11-14-17-15-12-16-21(4)18(7-3)19(13-6-2)22-20(17)21/h6-11,13H,3,5,12,14-16H2,1-2,4H3/b9-8-,11-10-,13-6-. The van der Waals surface area contributed by atoms with Gasteiger partial charge in [0.25, 0.3) is 0 Å². The Morgan fingerprint density at radius 2 is 2.05 bits per heavy atom. The molecule has 1 heteroatoms. The molecule has 1 aliphatic heterocycles. The SMILES string of the molecule is C=CC1=C(/C=C\C)SC2=C(C/C=C\C=C/CC)CCCC12C. The van der Waals surface area contributed by atoms with E-state index in [0.29, 0.717) is 0 Å². The highest BCUT2D eigenvalue weighted by Crippen LogP contribution is 2.60. The lowest BCUT2D eigenvalue weighted by molar-refractivity contribution is 0.425. The van der Waals surface area contributed by atoms with Crippen molar-refractivity contribution in [1.29, 1.82) is 0 Å². The zero-order chi connectivity index (χ0) is 16.0. The van der Waals surface area contributed by atoms with Crippen molar-refractivity contribution in [3.8, 4) is 0 Å². The van der Waals surface area contributed by atoms with Crippen molar-refractivity contribution in [2.45, 2.75) is 52.9 Å². The quantitative estimate of drug-likeness (QED) is 0.471. The van der Waals surface area contributed by atoms with E-state index in [9.17, 15) is 0 Å². The molecule has 0 radical (unpaired) electrons. The first-order valence-electron chi connectivity index (χ1n) is 8.39. The molecule has 0 amide bonds. The summed E-state index contributed by atoms with van der Waals surface area (Å²) < 4.78 is 0. The second-order valence-electron chi connectivity index (χ2n) is 6.17. The Morgan fingerprint density at radius 3 is 2.73 bits per heavy atom. The first-order valence-corrected chi connectivity index (χ1v) is 9.21. The molecule has 0 aromatic rings. The molecule has 0 aromatic heterocycles. The maximum atomic E-state index is 4.08. The highest BCUT2D eigenvalue weighted by molar-refractivity contribution is 8.07. The van der Waals surface area contributed by atoms with Gasteiger partial charge in [-0.2, -0.15) is 0 Å². The molecular weight excluding hydrogens is 284 g/mol. The summed E-state index contributed by atoms with van der Waals surface area (Å²) in [6, 6.07) is 0. The zero-order valence-electron chi connectivity index (χ0n) is 14.2. The van der Waals surface area contributed by atoms with Gasteiger partial charge in [0, 0.05) is 10.3 Å². The molecule has 0 spiro atoms. The largest absolute Gasteiger partial charge is 0.0987 e. The van der Waals surface area contributed by atoms with E-state index in [-0.39, 0.29) is 5.41 Å². The van der Waals surface area contributed by atoms with E-state index in [1.165, 1.54) is 29.7 Å². The van der Waals surface area contributed by atoms with Gasteiger partial charge >= 0.3 is 0 Å². The van der Waals surface area contributed by atoms with Gasteiger partial charge in [-0.05, 0) is 49.5 Å². The predicted molar refractivity (Wildman–Crippen MR) is 102 cm³/mol. The number of rotatable bonds is 6. The van der Waals surface area contributed by atoms with E-state index < -0.39 is 0 Å². The molecule has 1 unspecified atom stereocenters. The molecule has 2 aliphatic rings. The fraction of sp³-hybridized carbons (Fsp3) is 0.429. The Kier molecular flexibility index (Phi) is 6.14. The molecule has 0 saturated heterocycles. The molecule has 22 heavy (non-hydrogen) atoms. The lowest BCUT2D eigenvalue weighted by Crippen LogP contribution is -2.21. The van der Waals surface area contributed by atoms with Crippen LogP contribution in [0.4, 0.5) is 0 Å². The van der Waals surface area contributed by atoms with Gasteiger partial charge in [0.2, 0.25) is 0 Å². The third kappa shape index (κ3) is 3.41. The van der Waals surface area contributed by atoms with Crippen molar-refractivity contribution in [2.75, 3.05) is 0 Å². The van der Waals surface area contributed by atoms with Gasteiger partial charge in [-0.15, -0.1) is 0 Å². The van der Waals surface area contributed by atoms with E-state index in [2.05, 4.69) is 69.9 Å². The Bertz CT molecular complexity index is 569. The first-order chi connectivity index (χ1) is 10.7. The molecule has 118 valence electrons. The van der Waals surface area contributed by atoms with Crippen molar-refractivity contribution in [1.82, 2.24) is 0 Å². The van der Waals surface area contributed by atoms with Crippen LogP contribution in [0.3, 0.4) is 0 Å². The van der Waals surface area contributed by atoms with Gasteiger partial charge in [0.05, 0.1) is 0 Å². The average molecular weight is 313 g/mol. The number of allylic oxidation sites excluding steroid dienone is 10. The Balaban J connectivity index is 2.28. The first kappa shape index (κ1) is 17.1. The lowest BCUT2D eigenvalue weighted by Gasteiger charge is -2.34. The van der Waals surface area contributed by atoms with Crippen molar-refractivity contribution >= 4 is 11.8 Å². The summed E-state index contributed by atoms with van der Waals surface area (Å²) in [5.41, 5.74) is 3.25. The van der Waals surface area contributed by atoms with E-state index in [1.807, 2.05) is 11.8 Å². The number of fused-ring (bicyclic) bond motifs is 1. The molecule has 0 nitrogen and oxygen atoms in total. The summed E-state index contributed by atoms with van der Waals surface area (Å²) in [7, 11) is 0. The summed E-state index contributed by atoms with van der Waals surface area (Å²) in [6.07, 6.45) is 21.3. The van der Waals surface area contributed by atoms with Gasteiger partial charge in [-0.1, -0.05) is 80.3 Å². The van der Waals surface area contributed by atoms with Crippen LogP contribution in [0.5, 0.6) is 0 Å². The zero-order valence-corrected chi connectivity index (χ0v) is 15.0. The summed E-state index contributed by atoms with van der Waals surface area (Å²) in [5, 5.41) is 0. The highest BCUT2D eigenvalue weighted by Gasteiger charge is 2.42. The Labute approximate surface area is 140 Å². The van der Waals surface area contributed by atoms with Gasteiger partial charge in [-0.25, -0.2) is 0 Å². The molecule has 1 atom stereocenters. The Morgan fingerprint density at radius 1 is 1.27 bits per heavy atom. The van der Waals surface area contributed by atoms with E-state index in [4.69, 9.17) is 0 Å². The summed E-state index contributed by atoms with van der Waals surface area (Å²) in [4.78, 5) is 2.98. The molecule has 0 N–H and O–H groups in total. The normalized spacial score (nSPS) is 26.0. The molecule has 2 rings (SSSR count). The molecule has 0 bridgehead atoms. The van der Waals surface area contributed by atoms with Crippen LogP contribution in [-0.2, 0) is 0 Å². The number of hydrogen-bond donors (Lipinski definition) is 0. The van der Waals surface area contributed by atoms with Crippen molar-refractivity contribution in [2.24, 2.45) is 5.41 Å². The number of thioether (sulfide) groups is 1. The molecule has 0 aromatic carbocycles. The third-order valence-corrected chi connectivity index (χ3v) is 6.07. The fourth-order valence-electron chi connectivity index (χ4n) is 3.45. The minimum Gasteiger partial charge on any atom is -0.0987 e. The maximum absolute atomic E-state index is 4.08. The highest BCUT2D eigenvalue weighted by atomic mass is 32.2. The Hall–Kier alpha value is -1.21. The van der Waals surface area contributed by atoms with Crippen LogP contribution in [0, 0.1) is 5.41 Å². The van der Waals surface area contributed by atoms with Gasteiger partial charge < -0.3 is 0 Å². The molecule has 0 saturated carbocycles. The minimum absolute atomic E-state index is 0.196. The lowest BCUT2D eigenvalue weighted by atomic mass is 9.72. The predicted octanol–water partition coefficient (Wildman–Crippen LogP) is 7.11. The van der Waals surface area contributed by atoms with Crippen LogP contribution in [0.1, 0.15) is 52.9 Å². The van der Waals surface area contributed by atoms with Crippen LogP contribution in [0.2, 0.25) is 0 Å². The van der Waals surface area contributed by atoms with Crippen LogP contribution in [-0.4, -0.2) is 0 Å². The molecule has 1 heterocycles. The smallest absolute Gasteiger partial charge is 0.0248 e. The third-order valence-electron chi connectivity index (χ3n) is 4.55. The van der Waals surface area contributed by atoms with E-state index in [0.717, 1.165) is 12.8 Å². The molecular formula is C21H28S. The van der Waals surface area contributed by atoms with Crippen LogP contribution < -0.4 is 0 Å². The van der Waals surface area contributed by atoms with Crippen molar-refractivity contribution in [3.63, 3.8) is 0 Å². The topological polar surface area (TPSA) is 0 Å². The summed E-state index contributed by atoms with van der Waals surface area (Å²) >= 11 is 1.98. The van der Waals surface area contributed by atoms with Crippen molar-refractivity contribution < 1.29 is 0 Å². The van der Waals surface area contributed by atoms with Crippen molar-refractivity contribution in [3.05, 3.63) is 70.1 Å². The van der Waals surface area contributed by atoms with Crippen LogP contribution in [0.25, 0.3) is 0 Å². The van der Waals surface area contributed by atoms with Gasteiger partial charge in [0.1, 0.15) is 0 Å². The second-order valence-corrected chi connectivity index (χ2v) is 7.22. The minimum atomic E-state index is 0.196. The van der Waals surface area contributed by atoms with E-state index in [1.54, 1.807) is 10.5 Å². The summed E-state index contributed by atoms with van der Waals surface area (Å²) in [6.45, 7) is 10.7. The monoisotopic (exact) mass is 312 g/mol. The molecule has 0 fully saturated rings. The van der Waals surface area contributed by atoms with E-state index >= 15 is 0 Å². The number of hydrogen-bond acceptors (Lipinski definition) is 1. The maximum Gasteiger partial charge on any atom is 0.0248 e.